The molecular weight excluding hydrogens is 272 g/mol. The number of rotatable bonds is 9. The predicted octanol–water partition coefficient (Wildman–Crippen LogP) is 1.91. The molecule has 0 spiro atoms. The summed E-state index contributed by atoms with van der Waals surface area (Å²) < 4.78 is 9.08. The third kappa shape index (κ3) is 7.45. The first-order valence-corrected chi connectivity index (χ1v) is 7.51. The van der Waals surface area contributed by atoms with Gasteiger partial charge in [0.2, 0.25) is 0 Å². The third-order valence-corrected chi connectivity index (χ3v) is 4.22. The summed E-state index contributed by atoms with van der Waals surface area (Å²) in [5.74, 6) is 2.13. The highest BCUT2D eigenvalue weighted by molar-refractivity contribution is 8.03. The van der Waals surface area contributed by atoms with Crippen LogP contribution in [-0.2, 0) is 19.1 Å². The van der Waals surface area contributed by atoms with Gasteiger partial charge in [0.1, 0.15) is 0 Å². The number of esters is 2. The van der Waals surface area contributed by atoms with Crippen LogP contribution in [0.1, 0.15) is 0 Å². The van der Waals surface area contributed by atoms with Crippen LogP contribution < -0.4 is 0 Å². The standard InChI is InChI=1S/C12H18O4S2/c1-9(11(13)15-3)7-17-5-6-18-8-10(2)12(14)16-4/h1-2,5-8H2,3-4H3. The summed E-state index contributed by atoms with van der Waals surface area (Å²) in [5, 5.41) is 0. The summed E-state index contributed by atoms with van der Waals surface area (Å²) in [6.45, 7) is 7.26. The van der Waals surface area contributed by atoms with Gasteiger partial charge in [0.15, 0.2) is 0 Å². The minimum Gasteiger partial charge on any atom is -0.466 e. The van der Waals surface area contributed by atoms with Crippen molar-refractivity contribution in [3.63, 3.8) is 0 Å². The van der Waals surface area contributed by atoms with Crippen LogP contribution in [0.5, 0.6) is 0 Å². The van der Waals surface area contributed by atoms with Crippen molar-refractivity contribution in [2.24, 2.45) is 0 Å². The summed E-state index contributed by atoms with van der Waals surface area (Å²) in [6.07, 6.45) is 0. The second kappa shape index (κ2) is 10.1. The summed E-state index contributed by atoms with van der Waals surface area (Å²) in [4.78, 5) is 22.1. The van der Waals surface area contributed by atoms with E-state index in [1.807, 2.05) is 0 Å². The zero-order chi connectivity index (χ0) is 14.0. The van der Waals surface area contributed by atoms with E-state index in [1.165, 1.54) is 14.2 Å². The summed E-state index contributed by atoms with van der Waals surface area (Å²) in [7, 11) is 2.68. The lowest BCUT2D eigenvalue weighted by molar-refractivity contribution is -0.136. The van der Waals surface area contributed by atoms with Gasteiger partial charge in [0, 0.05) is 34.2 Å². The normalized spacial score (nSPS) is 9.67. The fourth-order valence-electron chi connectivity index (χ4n) is 0.915. The molecule has 0 saturated carbocycles. The quantitative estimate of drug-likeness (QED) is 0.367. The molecular formula is C12H18O4S2. The molecule has 0 radical (unpaired) electrons. The van der Waals surface area contributed by atoms with Gasteiger partial charge in [-0.2, -0.15) is 23.5 Å². The van der Waals surface area contributed by atoms with Gasteiger partial charge in [-0.25, -0.2) is 9.59 Å². The average Bonchev–Trinajstić information content (AvgIpc) is 2.39. The maximum absolute atomic E-state index is 11.0. The Labute approximate surface area is 116 Å². The molecule has 0 bridgehead atoms. The highest BCUT2D eigenvalue weighted by atomic mass is 32.2. The minimum absolute atomic E-state index is 0.366. The van der Waals surface area contributed by atoms with Crippen molar-refractivity contribution in [3.05, 3.63) is 24.3 Å². The van der Waals surface area contributed by atoms with Crippen LogP contribution in [0.4, 0.5) is 0 Å². The van der Waals surface area contributed by atoms with Gasteiger partial charge in [-0.3, -0.25) is 0 Å². The number of thioether (sulfide) groups is 2. The van der Waals surface area contributed by atoms with E-state index in [-0.39, 0.29) is 11.9 Å². The molecule has 0 heterocycles. The molecule has 0 aliphatic heterocycles. The highest BCUT2D eigenvalue weighted by Crippen LogP contribution is 2.13. The molecule has 0 aliphatic rings. The lowest BCUT2D eigenvalue weighted by Crippen LogP contribution is -2.07. The molecule has 0 aromatic carbocycles. The van der Waals surface area contributed by atoms with Crippen molar-refractivity contribution in [2.45, 2.75) is 0 Å². The van der Waals surface area contributed by atoms with Crippen LogP contribution in [0.15, 0.2) is 24.3 Å². The van der Waals surface area contributed by atoms with E-state index in [4.69, 9.17) is 0 Å². The van der Waals surface area contributed by atoms with Crippen molar-refractivity contribution in [1.82, 2.24) is 0 Å². The second-order valence-electron chi connectivity index (χ2n) is 3.30. The Morgan fingerprint density at radius 3 is 1.50 bits per heavy atom. The van der Waals surface area contributed by atoms with Crippen LogP contribution in [0, 0.1) is 0 Å². The number of ether oxygens (including phenoxy) is 2. The van der Waals surface area contributed by atoms with Gasteiger partial charge in [-0.05, 0) is 0 Å². The Morgan fingerprint density at radius 2 is 1.22 bits per heavy atom. The maximum atomic E-state index is 11.0. The molecule has 6 heteroatoms. The summed E-state index contributed by atoms with van der Waals surface area (Å²) in [6, 6.07) is 0. The summed E-state index contributed by atoms with van der Waals surface area (Å²) in [5.41, 5.74) is 0.929. The van der Waals surface area contributed by atoms with Gasteiger partial charge < -0.3 is 9.47 Å². The van der Waals surface area contributed by atoms with Crippen molar-refractivity contribution >= 4 is 35.5 Å². The molecule has 0 aliphatic carbocycles. The summed E-state index contributed by atoms with van der Waals surface area (Å²) >= 11 is 3.21. The Bertz CT molecular complexity index is 294. The first-order chi connectivity index (χ1) is 8.52. The fourth-order valence-corrected chi connectivity index (χ4v) is 2.88. The van der Waals surface area contributed by atoms with E-state index >= 15 is 0 Å². The predicted molar refractivity (Wildman–Crippen MR) is 77.0 cm³/mol. The monoisotopic (exact) mass is 290 g/mol. The molecule has 0 rings (SSSR count). The lowest BCUT2D eigenvalue weighted by Gasteiger charge is -2.04. The van der Waals surface area contributed by atoms with Crippen LogP contribution in [0.3, 0.4) is 0 Å². The maximum Gasteiger partial charge on any atom is 0.333 e. The van der Waals surface area contributed by atoms with Crippen molar-refractivity contribution in [2.75, 3.05) is 37.2 Å². The van der Waals surface area contributed by atoms with Gasteiger partial charge in [0.25, 0.3) is 0 Å². The fraction of sp³-hybridized carbons (Fsp3) is 0.500. The Hall–Kier alpha value is -0.880. The first-order valence-electron chi connectivity index (χ1n) is 5.20. The van der Waals surface area contributed by atoms with E-state index < -0.39 is 0 Å². The lowest BCUT2D eigenvalue weighted by atomic mass is 10.4. The molecule has 0 atom stereocenters. The minimum atomic E-state index is -0.366. The van der Waals surface area contributed by atoms with Crippen LogP contribution in [-0.4, -0.2) is 49.2 Å². The Balaban J connectivity index is 3.52. The van der Waals surface area contributed by atoms with Gasteiger partial charge >= 0.3 is 11.9 Å². The van der Waals surface area contributed by atoms with Crippen molar-refractivity contribution in [3.8, 4) is 0 Å². The van der Waals surface area contributed by atoms with E-state index in [0.717, 1.165) is 11.5 Å². The van der Waals surface area contributed by atoms with E-state index in [1.54, 1.807) is 23.5 Å². The number of hydrogen-bond acceptors (Lipinski definition) is 6. The molecule has 0 N–H and O–H groups in total. The van der Waals surface area contributed by atoms with E-state index in [9.17, 15) is 9.59 Å². The van der Waals surface area contributed by atoms with Crippen LogP contribution in [0.2, 0.25) is 0 Å². The first kappa shape index (κ1) is 17.1. The van der Waals surface area contributed by atoms with E-state index in [0.29, 0.717) is 22.7 Å². The van der Waals surface area contributed by atoms with Crippen molar-refractivity contribution in [1.29, 1.82) is 0 Å². The van der Waals surface area contributed by atoms with Crippen molar-refractivity contribution < 1.29 is 19.1 Å². The zero-order valence-corrected chi connectivity index (χ0v) is 12.3. The highest BCUT2D eigenvalue weighted by Gasteiger charge is 2.07. The molecule has 0 saturated heterocycles. The Morgan fingerprint density at radius 1 is 0.889 bits per heavy atom. The molecule has 0 fully saturated rings. The number of carbonyl (C=O) groups is 2. The smallest absolute Gasteiger partial charge is 0.333 e. The Kier molecular flexibility index (Phi) is 9.59. The number of methoxy groups -OCH3 is 2. The molecule has 0 amide bonds. The third-order valence-electron chi connectivity index (χ3n) is 1.87. The average molecular weight is 290 g/mol. The van der Waals surface area contributed by atoms with Crippen LogP contribution in [0.25, 0.3) is 0 Å². The number of hydrogen-bond donors (Lipinski definition) is 0. The van der Waals surface area contributed by atoms with E-state index in [2.05, 4.69) is 22.6 Å². The van der Waals surface area contributed by atoms with Gasteiger partial charge in [0.05, 0.1) is 14.2 Å². The molecule has 0 aromatic heterocycles. The number of carbonyl (C=O) groups excluding carboxylic acids is 2. The topological polar surface area (TPSA) is 52.6 Å². The molecule has 0 aromatic rings. The van der Waals surface area contributed by atoms with Gasteiger partial charge in [-0.1, -0.05) is 13.2 Å². The second-order valence-corrected chi connectivity index (χ2v) is 5.51. The SMILES string of the molecule is C=C(CSCCSCC(=C)C(=O)OC)C(=O)OC. The molecule has 102 valence electrons. The van der Waals surface area contributed by atoms with Crippen LogP contribution >= 0.6 is 23.5 Å². The largest absolute Gasteiger partial charge is 0.466 e. The molecule has 18 heavy (non-hydrogen) atoms. The molecule has 0 unspecified atom stereocenters. The zero-order valence-electron chi connectivity index (χ0n) is 10.7. The van der Waals surface area contributed by atoms with Gasteiger partial charge in [-0.15, -0.1) is 0 Å². The molecule has 4 nitrogen and oxygen atoms in total.